The van der Waals surface area contributed by atoms with Crippen molar-refractivity contribution < 1.29 is 23.8 Å². The van der Waals surface area contributed by atoms with E-state index in [9.17, 15) is 19.1 Å². The fraction of sp³-hybridized carbons (Fsp3) is 0.241. The number of ketones is 1. The Kier molecular flexibility index (Phi) is 7.60. The highest BCUT2D eigenvalue weighted by molar-refractivity contribution is 6.46. The molecule has 1 amide bonds. The quantitative estimate of drug-likeness (QED) is 0.188. The second-order valence-corrected chi connectivity index (χ2v) is 8.51. The van der Waals surface area contributed by atoms with Gasteiger partial charge in [0, 0.05) is 12.1 Å². The Labute approximate surface area is 204 Å². The van der Waals surface area contributed by atoms with Crippen LogP contribution in [-0.4, -0.2) is 34.8 Å². The molecule has 1 fully saturated rings. The van der Waals surface area contributed by atoms with Gasteiger partial charge in [0.25, 0.3) is 11.7 Å². The molecule has 4 rings (SSSR count). The lowest BCUT2D eigenvalue weighted by molar-refractivity contribution is -0.139. The van der Waals surface area contributed by atoms with Crippen molar-refractivity contribution in [1.82, 2.24) is 4.90 Å². The molecule has 1 N–H and O–H groups in total. The van der Waals surface area contributed by atoms with Gasteiger partial charge in [0.05, 0.1) is 18.2 Å². The van der Waals surface area contributed by atoms with Gasteiger partial charge in [-0.3, -0.25) is 9.59 Å². The van der Waals surface area contributed by atoms with Gasteiger partial charge in [-0.05, 0) is 60.4 Å². The molecule has 0 bridgehead atoms. The number of carbonyl (C=O) groups is 2. The maximum atomic E-state index is 13.5. The summed E-state index contributed by atoms with van der Waals surface area (Å²) < 4.78 is 19.3. The molecule has 0 spiro atoms. The lowest BCUT2D eigenvalue weighted by Crippen LogP contribution is -2.31. The normalized spacial score (nSPS) is 17.1. The zero-order valence-electron chi connectivity index (χ0n) is 19.6. The number of benzene rings is 3. The van der Waals surface area contributed by atoms with E-state index in [0.717, 1.165) is 18.4 Å². The van der Waals surface area contributed by atoms with Gasteiger partial charge in [-0.25, -0.2) is 4.39 Å². The van der Waals surface area contributed by atoms with E-state index in [0.29, 0.717) is 30.9 Å². The standard InChI is InChI=1S/C29H28FNO4/c1-2-3-18-35-24-11-7-10-22(19-24)26-25(27(32)21-12-14-23(30)15-13-21)28(33)29(34)31(26)17-16-20-8-5-4-6-9-20/h4-15,19,26,32H,2-3,16-18H2,1H3/b27-25+. The number of ether oxygens (including phenoxy) is 1. The number of halogens is 1. The lowest BCUT2D eigenvalue weighted by Gasteiger charge is -2.26. The van der Waals surface area contributed by atoms with Gasteiger partial charge in [-0.1, -0.05) is 55.8 Å². The Morgan fingerprint density at radius 1 is 1.00 bits per heavy atom. The molecule has 1 aliphatic rings. The topological polar surface area (TPSA) is 66.8 Å². The largest absolute Gasteiger partial charge is 0.507 e. The van der Waals surface area contributed by atoms with Crippen LogP contribution < -0.4 is 4.74 Å². The average Bonchev–Trinajstić information content (AvgIpc) is 3.13. The number of amides is 1. The number of hydrogen-bond donors (Lipinski definition) is 1. The van der Waals surface area contributed by atoms with Gasteiger partial charge in [0.1, 0.15) is 17.3 Å². The molecule has 180 valence electrons. The summed E-state index contributed by atoms with van der Waals surface area (Å²) in [5, 5.41) is 11.1. The molecule has 3 aromatic rings. The number of likely N-dealkylation sites (tertiary alicyclic amines) is 1. The van der Waals surface area contributed by atoms with Crippen LogP contribution in [-0.2, 0) is 16.0 Å². The van der Waals surface area contributed by atoms with E-state index in [2.05, 4.69) is 6.92 Å². The third-order valence-corrected chi connectivity index (χ3v) is 6.08. The van der Waals surface area contributed by atoms with Crippen LogP contribution in [0.3, 0.4) is 0 Å². The number of unbranched alkanes of at least 4 members (excludes halogenated alkanes) is 1. The summed E-state index contributed by atoms with van der Waals surface area (Å²) in [7, 11) is 0. The summed E-state index contributed by atoms with van der Waals surface area (Å²) >= 11 is 0. The van der Waals surface area contributed by atoms with Crippen LogP contribution in [0.25, 0.3) is 5.76 Å². The Hall–Kier alpha value is -3.93. The highest BCUT2D eigenvalue weighted by atomic mass is 19.1. The molecular formula is C29H28FNO4. The fourth-order valence-corrected chi connectivity index (χ4v) is 4.22. The molecule has 1 heterocycles. The van der Waals surface area contributed by atoms with E-state index < -0.39 is 23.5 Å². The number of Topliss-reactive ketones (excluding diaryl/α,β-unsaturated/α-hetero) is 1. The van der Waals surface area contributed by atoms with E-state index in [-0.39, 0.29) is 16.9 Å². The van der Waals surface area contributed by atoms with Crippen LogP contribution in [0.2, 0.25) is 0 Å². The van der Waals surface area contributed by atoms with Gasteiger partial charge in [0.2, 0.25) is 0 Å². The number of aliphatic hydroxyl groups excluding tert-OH is 1. The fourth-order valence-electron chi connectivity index (χ4n) is 4.22. The van der Waals surface area contributed by atoms with Crippen molar-refractivity contribution in [3.8, 4) is 5.75 Å². The van der Waals surface area contributed by atoms with Crippen LogP contribution >= 0.6 is 0 Å². The lowest BCUT2D eigenvalue weighted by atomic mass is 9.95. The molecule has 3 aromatic carbocycles. The third-order valence-electron chi connectivity index (χ3n) is 6.08. The number of nitrogens with zero attached hydrogens (tertiary/aromatic N) is 1. The predicted octanol–water partition coefficient (Wildman–Crippen LogP) is 5.67. The molecule has 1 aliphatic heterocycles. The van der Waals surface area contributed by atoms with Crippen molar-refractivity contribution in [1.29, 1.82) is 0 Å². The maximum Gasteiger partial charge on any atom is 0.295 e. The number of aliphatic hydroxyl groups is 1. The smallest absolute Gasteiger partial charge is 0.295 e. The van der Waals surface area contributed by atoms with Crippen molar-refractivity contribution >= 4 is 17.4 Å². The molecule has 1 unspecified atom stereocenters. The van der Waals surface area contributed by atoms with Gasteiger partial charge in [-0.2, -0.15) is 0 Å². The zero-order valence-corrected chi connectivity index (χ0v) is 19.6. The van der Waals surface area contributed by atoms with Crippen LogP contribution in [0.5, 0.6) is 5.75 Å². The van der Waals surface area contributed by atoms with E-state index in [4.69, 9.17) is 4.74 Å². The van der Waals surface area contributed by atoms with Gasteiger partial charge in [0.15, 0.2) is 0 Å². The molecule has 0 aromatic heterocycles. The van der Waals surface area contributed by atoms with Crippen molar-refractivity contribution in [2.24, 2.45) is 0 Å². The summed E-state index contributed by atoms with van der Waals surface area (Å²) in [6.07, 6.45) is 2.45. The van der Waals surface area contributed by atoms with Crippen LogP contribution in [0.1, 0.15) is 42.5 Å². The Morgan fingerprint density at radius 3 is 2.46 bits per heavy atom. The SMILES string of the molecule is CCCCOc1cccc(C2/C(=C(\O)c3ccc(F)cc3)C(=O)C(=O)N2CCc2ccccc2)c1. The zero-order chi connectivity index (χ0) is 24.8. The maximum absolute atomic E-state index is 13.5. The van der Waals surface area contributed by atoms with Crippen LogP contribution in [0.15, 0.2) is 84.4 Å². The van der Waals surface area contributed by atoms with E-state index in [1.54, 1.807) is 6.07 Å². The molecule has 0 radical (unpaired) electrons. The molecule has 1 atom stereocenters. The van der Waals surface area contributed by atoms with Crippen molar-refractivity contribution in [3.63, 3.8) is 0 Å². The van der Waals surface area contributed by atoms with Crippen molar-refractivity contribution in [3.05, 3.63) is 107 Å². The molecule has 5 nitrogen and oxygen atoms in total. The summed E-state index contributed by atoms with van der Waals surface area (Å²) in [5.74, 6) is -1.59. The van der Waals surface area contributed by atoms with Gasteiger partial charge < -0.3 is 14.7 Å². The highest BCUT2D eigenvalue weighted by Crippen LogP contribution is 2.40. The third kappa shape index (κ3) is 5.43. The predicted molar refractivity (Wildman–Crippen MR) is 132 cm³/mol. The number of hydrogen-bond acceptors (Lipinski definition) is 4. The minimum Gasteiger partial charge on any atom is -0.507 e. The van der Waals surface area contributed by atoms with Gasteiger partial charge >= 0.3 is 0 Å². The first-order chi connectivity index (χ1) is 17.0. The first kappa shape index (κ1) is 24.2. The summed E-state index contributed by atoms with van der Waals surface area (Å²) in [5.41, 5.74) is 1.95. The summed E-state index contributed by atoms with van der Waals surface area (Å²) in [6.45, 7) is 2.93. The second kappa shape index (κ2) is 11.0. The Balaban J connectivity index is 1.75. The van der Waals surface area contributed by atoms with Crippen LogP contribution in [0.4, 0.5) is 4.39 Å². The second-order valence-electron chi connectivity index (χ2n) is 8.51. The minimum absolute atomic E-state index is 0.0135. The summed E-state index contributed by atoms with van der Waals surface area (Å²) in [4.78, 5) is 27.8. The van der Waals surface area contributed by atoms with Crippen LogP contribution in [0, 0.1) is 5.82 Å². The first-order valence-corrected chi connectivity index (χ1v) is 11.8. The van der Waals surface area contributed by atoms with E-state index in [1.165, 1.54) is 29.2 Å². The molecule has 35 heavy (non-hydrogen) atoms. The molecule has 1 saturated heterocycles. The van der Waals surface area contributed by atoms with Crippen molar-refractivity contribution in [2.45, 2.75) is 32.2 Å². The molecule has 0 aliphatic carbocycles. The Bertz CT molecular complexity index is 1220. The minimum atomic E-state index is -0.793. The van der Waals surface area contributed by atoms with E-state index >= 15 is 0 Å². The van der Waals surface area contributed by atoms with Gasteiger partial charge in [-0.15, -0.1) is 0 Å². The number of carbonyl (C=O) groups excluding carboxylic acids is 2. The highest BCUT2D eigenvalue weighted by Gasteiger charge is 2.45. The Morgan fingerprint density at radius 2 is 1.74 bits per heavy atom. The van der Waals surface area contributed by atoms with E-state index in [1.807, 2.05) is 48.5 Å². The van der Waals surface area contributed by atoms with Crippen molar-refractivity contribution in [2.75, 3.05) is 13.2 Å². The first-order valence-electron chi connectivity index (χ1n) is 11.8. The molecule has 0 saturated carbocycles. The molecule has 6 heteroatoms. The number of rotatable bonds is 9. The molecular weight excluding hydrogens is 445 g/mol. The summed E-state index contributed by atoms with van der Waals surface area (Å²) in [6, 6.07) is 21.4. The average molecular weight is 474 g/mol. The monoisotopic (exact) mass is 473 g/mol.